The van der Waals surface area contributed by atoms with Crippen LogP contribution in [0, 0.1) is 0 Å². The number of benzene rings is 2. The maximum absolute atomic E-state index is 12.5. The number of rotatable bonds is 3. The van der Waals surface area contributed by atoms with E-state index >= 15 is 0 Å². The Morgan fingerprint density at radius 2 is 1.64 bits per heavy atom. The number of carbonyl (C=O) groups is 2. The molecule has 1 unspecified atom stereocenters. The van der Waals surface area contributed by atoms with Crippen LogP contribution in [0.25, 0.3) is 0 Å². The normalized spacial score (nSPS) is 17.0. The lowest BCUT2D eigenvalue weighted by atomic mass is 10.1. The molecule has 1 fully saturated rings. The minimum atomic E-state index is -0.318. The predicted molar refractivity (Wildman–Crippen MR) is 98.9 cm³/mol. The molecule has 2 aromatic rings. The van der Waals surface area contributed by atoms with Crippen LogP contribution in [-0.2, 0) is 0 Å². The molecule has 0 bridgehead atoms. The van der Waals surface area contributed by atoms with Gasteiger partial charge < -0.3 is 20.9 Å². The molecule has 0 aliphatic carbocycles. The van der Waals surface area contributed by atoms with Gasteiger partial charge in [0.1, 0.15) is 0 Å². The average molecular weight is 338 g/mol. The Morgan fingerprint density at radius 1 is 1.00 bits per heavy atom. The number of urea groups is 1. The van der Waals surface area contributed by atoms with Crippen LogP contribution in [0.1, 0.15) is 17.3 Å². The Hall–Kier alpha value is -2.86. The van der Waals surface area contributed by atoms with Crippen LogP contribution in [0.3, 0.4) is 0 Å². The number of hydrogen-bond acceptors (Lipinski definition) is 3. The van der Waals surface area contributed by atoms with Gasteiger partial charge in [0.2, 0.25) is 0 Å². The highest BCUT2D eigenvalue weighted by Gasteiger charge is 2.21. The number of nitrogens with zero attached hydrogens (tertiary/aromatic N) is 1. The molecule has 0 radical (unpaired) electrons. The second kappa shape index (κ2) is 7.81. The first-order valence-electron chi connectivity index (χ1n) is 8.37. The SMILES string of the molecule is CC1CN(C(=O)c2ccc(NC(=O)Nc3ccccc3)cc2)CCN1. The number of hydrogen-bond donors (Lipinski definition) is 3. The maximum Gasteiger partial charge on any atom is 0.323 e. The van der Waals surface area contributed by atoms with Gasteiger partial charge in [0.25, 0.3) is 5.91 Å². The van der Waals surface area contributed by atoms with Crippen molar-refractivity contribution in [2.24, 2.45) is 0 Å². The average Bonchev–Trinajstić information content (AvgIpc) is 2.62. The molecule has 130 valence electrons. The van der Waals surface area contributed by atoms with Crippen molar-refractivity contribution in [2.45, 2.75) is 13.0 Å². The van der Waals surface area contributed by atoms with E-state index in [1.54, 1.807) is 24.3 Å². The van der Waals surface area contributed by atoms with Crippen molar-refractivity contribution in [3.63, 3.8) is 0 Å². The summed E-state index contributed by atoms with van der Waals surface area (Å²) in [6, 6.07) is 16.2. The van der Waals surface area contributed by atoms with E-state index < -0.39 is 0 Å². The predicted octanol–water partition coefficient (Wildman–Crippen LogP) is 2.76. The van der Waals surface area contributed by atoms with E-state index in [0.717, 1.165) is 12.2 Å². The number of amides is 3. The number of anilines is 2. The van der Waals surface area contributed by atoms with E-state index in [2.05, 4.69) is 22.9 Å². The van der Waals surface area contributed by atoms with Crippen molar-refractivity contribution in [1.82, 2.24) is 10.2 Å². The first kappa shape index (κ1) is 17.0. The van der Waals surface area contributed by atoms with Gasteiger partial charge in [-0.05, 0) is 43.3 Å². The van der Waals surface area contributed by atoms with Crippen LogP contribution in [0.4, 0.5) is 16.2 Å². The lowest BCUT2D eigenvalue weighted by Crippen LogP contribution is -2.51. The van der Waals surface area contributed by atoms with E-state index in [4.69, 9.17) is 0 Å². The van der Waals surface area contributed by atoms with Crippen LogP contribution in [0.15, 0.2) is 54.6 Å². The molecule has 6 heteroatoms. The van der Waals surface area contributed by atoms with Crippen molar-refractivity contribution in [2.75, 3.05) is 30.3 Å². The van der Waals surface area contributed by atoms with Gasteiger partial charge in [-0.1, -0.05) is 18.2 Å². The van der Waals surface area contributed by atoms with Crippen LogP contribution in [0.2, 0.25) is 0 Å². The highest BCUT2D eigenvalue weighted by molar-refractivity contribution is 6.00. The molecule has 3 N–H and O–H groups in total. The molecule has 1 atom stereocenters. The highest BCUT2D eigenvalue weighted by atomic mass is 16.2. The van der Waals surface area contributed by atoms with Crippen LogP contribution in [-0.4, -0.2) is 42.5 Å². The van der Waals surface area contributed by atoms with Gasteiger partial charge in [0, 0.05) is 42.6 Å². The Balaban J connectivity index is 1.58. The van der Waals surface area contributed by atoms with Gasteiger partial charge in [0.05, 0.1) is 0 Å². The first-order valence-corrected chi connectivity index (χ1v) is 8.37. The summed E-state index contributed by atoms with van der Waals surface area (Å²) >= 11 is 0. The molecule has 25 heavy (non-hydrogen) atoms. The molecular weight excluding hydrogens is 316 g/mol. The van der Waals surface area contributed by atoms with Crippen LogP contribution < -0.4 is 16.0 Å². The molecular formula is C19H22N4O2. The zero-order chi connectivity index (χ0) is 17.6. The summed E-state index contributed by atoms with van der Waals surface area (Å²) in [5, 5.41) is 8.83. The zero-order valence-corrected chi connectivity index (χ0v) is 14.2. The molecule has 3 amide bonds. The fourth-order valence-corrected chi connectivity index (χ4v) is 2.81. The summed E-state index contributed by atoms with van der Waals surface area (Å²) in [5.74, 6) is 0.0219. The summed E-state index contributed by atoms with van der Waals surface area (Å²) in [5.41, 5.74) is 1.99. The van der Waals surface area contributed by atoms with Gasteiger partial charge in [-0.2, -0.15) is 0 Å². The Bertz CT molecular complexity index is 731. The summed E-state index contributed by atoms with van der Waals surface area (Å²) in [7, 11) is 0. The monoisotopic (exact) mass is 338 g/mol. The largest absolute Gasteiger partial charge is 0.336 e. The van der Waals surface area contributed by atoms with Crippen molar-refractivity contribution in [3.8, 4) is 0 Å². The van der Waals surface area contributed by atoms with Gasteiger partial charge in [-0.3, -0.25) is 4.79 Å². The molecule has 0 saturated carbocycles. The molecule has 1 heterocycles. The number of carbonyl (C=O) groups excluding carboxylic acids is 2. The minimum absolute atomic E-state index is 0.0219. The third-order valence-electron chi connectivity index (χ3n) is 4.08. The lowest BCUT2D eigenvalue weighted by molar-refractivity contribution is 0.0709. The lowest BCUT2D eigenvalue weighted by Gasteiger charge is -2.32. The fraction of sp³-hybridized carbons (Fsp3) is 0.263. The Labute approximate surface area is 147 Å². The topological polar surface area (TPSA) is 73.5 Å². The van der Waals surface area contributed by atoms with E-state index in [1.807, 2.05) is 35.2 Å². The van der Waals surface area contributed by atoms with Gasteiger partial charge in [-0.15, -0.1) is 0 Å². The highest BCUT2D eigenvalue weighted by Crippen LogP contribution is 2.14. The molecule has 6 nitrogen and oxygen atoms in total. The fourth-order valence-electron chi connectivity index (χ4n) is 2.81. The molecule has 2 aromatic carbocycles. The number of nitrogens with one attached hydrogen (secondary N) is 3. The Kier molecular flexibility index (Phi) is 5.30. The second-order valence-corrected chi connectivity index (χ2v) is 6.13. The Morgan fingerprint density at radius 3 is 2.28 bits per heavy atom. The summed E-state index contributed by atoms with van der Waals surface area (Å²) in [6.07, 6.45) is 0. The summed E-state index contributed by atoms with van der Waals surface area (Å²) in [4.78, 5) is 26.4. The summed E-state index contributed by atoms with van der Waals surface area (Å²) in [6.45, 7) is 4.30. The van der Waals surface area contributed by atoms with E-state index in [0.29, 0.717) is 30.4 Å². The standard InChI is InChI=1S/C19H22N4O2/c1-14-13-23(12-11-20-14)18(24)15-7-9-17(10-8-15)22-19(25)21-16-5-3-2-4-6-16/h2-10,14,20H,11-13H2,1H3,(H2,21,22,25). The molecule has 1 aliphatic heterocycles. The van der Waals surface area contributed by atoms with Gasteiger partial charge >= 0.3 is 6.03 Å². The van der Waals surface area contributed by atoms with Crippen LogP contribution >= 0.6 is 0 Å². The quantitative estimate of drug-likeness (QED) is 0.806. The number of piperazine rings is 1. The molecule has 1 saturated heterocycles. The number of para-hydroxylation sites is 1. The second-order valence-electron chi connectivity index (χ2n) is 6.13. The molecule has 3 rings (SSSR count). The third kappa shape index (κ3) is 4.58. The zero-order valence-electron chi connectivity index (χ0n) is 14.2. The van der Waals surface area contributed by atoms with E-state index in [1.165, 1.54) is 0 Å². The van der Waals surface area contributed by atoms with E-state index in [9.17, 15) is 9.59 Å². The maximum atomic E-state index is 12.5. The van der Waals surface area contributed by atoms with Crippen molar-refractivity contribution in [3.05, 3.63) is 60.2 Å². The van der Waals surface area contributed by atoms with Gasteiger partial charge in [-0.25, -0.2) is 4.79 Å². The molecule has 0 aromatic heterocycles. The third-order valence-corrected chi connectivity index (χ3v) is 4.08. The molecule has 0 spiro atoms. The summed E-state index contributed by atoms with van der Waals surface area (Å²) < 4.78 is 0. The first-order chi connectivity index (χ1) is 12.1. The van der Waals surface area contributed by atoms with Gasteiger partial charge in [0.15, 0.2) is 0 Å². The van der Waals surface area contributed by atoms with Crippen molar-refractivity contribution < 1.29 is 9.59 Å². The van der Waals surface area contributed by atoms with Crippen LogP contribution in [0.5, 0.6) is 0 Å². The molecule has 1 aliphatic rings. The minimum Gasteiger partial charge on any atom is -0.336 e. The van der Waals surface area contributed by atoms with E-state index in [-0.39, 0.29) is 11.9 Å². The van der Waals surface area contributed by atoms with Crippen molar-refractivity contribution >= 4 is 23.3 Å². The van der Waals surface area contributed by atoms with Crippen molar-refractivity contribution in [1.29, 1.82) is 0 Å². The smallest absolute Gasteiger partial charge is 0.323 e.